The summed E-state index contributed by atoms with van der Waals surface area (Å²) >= 11 is 12.1. The van der Waals surface area contributed by atoms with Crippen molar-refractivity contribution in [2.75, 3.05) is 31.1 Å². The van der Waals surface area contributed by atoms with Gasteiger partial charge in [0.25, 0.3) is 0 Å². The van der Waals surface area contributed by atoms with Crippen molar-refractivity contribution in [3.05, 3.63) is 52.3 Å². The van der Waals surface area contributed by atoms with Gasteiger partial charge in [-0.25, -0.2) is 13.4 Å². The number of halogens is 2. The highest BCUT2D eigenvalue weighted by atomic mass is 35.5. The molecule has 6 nitrogen and oxygen atoms in total. The van der Waals surface area contributed by atoms with Gasteiger partial charge in [-0.05, 0) is 24.3 Å². The van der Waals surface area contributed by atoms with Gasteiger partial charge in [-0.2, -0.15) is 9.57 Å². The molecule has 1 saturated heterocycles. The molecular formula is C16H14Cl2N4O2S. The third-order valence-electron chi connectivity index (χ3n) is 3.98. The Bertz CT molecular complexity index is 898. The number of piperazine rings is 1. The summed E-state index contributed by atoms with van der Waals surface area (Å²) < 4.78 is 27.1. The van der Waals surface area contributed by atoms with Gasteiger partial charge in [0, 0.05) is 26.2 Å². The van der Waals surface area contributed by atoms with E-state index in [0.29, 0.717) is 31.9 Å². The van der Waals surface area contributed by atoms with E-state index in [2.05, 4.69) is 4.98 Å². The van der Waals surface area contributed by atoms with Crippen LogP contribution in [-0.4, -0.2) is 43.9 Å². The van der Waals surface area contributed by atoms with Crippen LogP contribution in [0.25, 0.3) is 0 Å². The lowest BCUT2D eigenvalue weighted by atomic mass is 10.3. The van der Waals surface area contributed by atoms with E-state index < -0.39 is 10.0 Å². The molecule has 1 aromatic heterocycles. The molecule has 0 aliphatic carbocycles. The molecule has 9 heteroatoms. The Morgan fingerprint density at radius 3 is 2.20 bits per heavy atom. The zero-order chi connectivity index (χ0) is 18.0. The minimum atomic E-state index is -3.76. The smallest absolute Gasteiger partial charge is 0.246 e. The van der Waals surface area contributed by atoms with E-state index in [0.717, 1.165) is 5.69 Å². The molecule has 0 radical (unpaired) electrons. The van der Waals surface area contributed by atoms with Crippen LogP contribution < -0.4 is 4.90 Å². The molecule has 2 heterocycles. The fourth-order valence-corrected chi connectivity index (χ4v) is 5.20. The molecule has 0 amide bonds. The van der Waals surface area contributed by atoms with E-state index in [1.165, 1.54) is 16.4 Å². The highest BCUT2D eigenvalue weighted by molar-refractivity contribution is 7.89. The highest BCUT2D eigenvalue weighted by Crippen LogP contribution is 2.32. The van der Waals surface area contributed by atoms with E-state index >= 15 is 0 Å². The molecular weight excluding hydrogens is 383 g/mol. The molecule has 0 N–H and O–H groups in total. The number of sulfonamides is 1. The zero-order valence-corrected chi connectivity index (χ0v) is 15.4. The van der Waals surface area contributed by atoms with Crippen molar-refractivity contribution in [1.82, 2.24) is 9.29 Å². The lowest BCUT2D eigenvalue weighted by molar-refractivity contribution is 0.385. The summed E-state index contributed by atoms with van der Waals surface area (Å²) in [6.07, 6.45) is 1.62. The van der Waals surface area contributed by atoms with Crippen LogP contribution in [0.1, 0.15) is 5.69 Å². The first-order chi connectivity index (χ1) is 11.9. The van der Waals surface area contributed by atoms with Crippen LogP contribution in [0.3, 0.4) is 0 Å². The average Bonchev–Trinajstić information content (AvgIpc) is 2.61. The zero-order valence-electron chi connectivity index (χ0n) is 13.1. The Labute approximate surface area is 156 Å². The normalized spacial score (nSPS) is 15.8. The monoisotopic (exact) mass is 396 g/mol. The van der Waals surface area contributed by atoms with E-state index in [1.807, 2.05) is 11.0 Å². The number of hydrogen-bond acceptors (Lipinski definition) is 5. The molecule has 0 bridgehead atoms. The maximum absolute atomic E-state index is 12.8. The van der Waals surface area contributed by atoms with Gasteiger partial charge in [0.05, 0.1) is 21.9 Å². The summed E-state index contributed by atoms with van der Waals surface area (Å²) in [5.74, 6) is 0. The number of anilines is 1. The van der Waals surface area contributed by atoms with Crippen LogP contribution in [0.4, 0.5) is 5.69 Å². The van der Waals surface area contributed by atoms with Gasteiger partial charge >= 0.3 is 0 Å². The maximum atomic E-state index is 12.8. The fourth-order valence-electron chi connectivity index (χ4n) is 2.68. The first-order valence-electron chi connectivity index (χ1n) is 7.49. The lowest BCUT2D eigenvalue weighted by Crippen LogP contribution is -2.48. The van der Waals surface area contributed by atoms with Crippen molar-refractivity contribution in [1.29, 1.82) is 5.26 Å². The maximum Gasteiger partial charge on any atom is 0.246 e. The Morgan fingerprint density at radius 2 is 1.68 bits per heavy atom. The SMILES string of the molecule is N#Cc1ccc(N2CCN(S(=O)(=O)c3c(Cl)cccc3Cl)CC2)cn1. The van der Waals surface area contributed by atoms with Crippen LogP contribution in [0, 0.1) is 11.3 Å². The predicted molar refractivity (Wildman–Crippen MR) is 96.4 cm³/mol. The number of nitriles is 1. The van der Waals surface area contributed by atoms with Gasteiger partial charge in [-0.15, -0.1) is 0 Å². The summed E-state index contributed by atoms with van der Waals surface area (Å²) in [5.41, 5.74) is 1.20. The van der Waals surface area contributed by atoms with Crippen molar-refractivity contribution >= 4 is 38.9 Å². The molecule has 0 unspecified atom stereocenters. The van der Waals surface area contributed by atoms with Crippen molar-refractivity contribution in [2.45, 2.75) is 4.90 Å². The van der Waals surface area contributed by atoms with Crippen molar-refractivity contribution in [2.24, 2.45) is 0 Å². The molecule has 3 rings (SSSR count). The quantitative estimate of drug-likeness (QED) is 0.796. The Morgan fingerprint density at radius 1 is 1.04 bits per heavy atom. The van der Waals surface area contributed by atoms with Gasteiger partial charge in [0.15, 0.2) is 0 Å². The van der Waals surface area contributed by atoms with Crippen LogP contribution in [0.15, 0.2) is 41.4 Å². The van der Waals surface area contributed by atoms with E-state index in [-0.39, 0.29) is 14.9 Å². The van der Waals surface area contributed by atoms with E-state index in [4.69, 9.17) is 28.5 Å². The third kappa shape index (κ3) is 3.58. The molecule has 1 aliphatic heterocycles. The Balaban J connectivity index is 1.76. The molecule has 1 aromatic carbocycles. The van der Waals surface area contributed by atoms with Gasteiger partial charge in [-0.3, -0.25) is 0 Å². The Kier molecular flexibility index (Phi) is 5.16. The van der Waals surface area contributed by atoms with Crippen LogP contribution in [0.5, 0.6) is 0 Å². The Hall–Kier alpha value is -1.85. The highest BCUT2D eigenvalue weighted by Gasteiger charge is 2.31. The summed E-state index contributed by atoms with van der Waals surface area (Å²) in [7, 11) is -3.76. The third-order valence-corrected chi connectivity index (χ3v) is 6.84. The molecule has 0 spiro atoms. The van der Waals surface area contributed by atoms with Crippen molar-refractivity contribution in [3.8, 4) is 6.07 Å². The summed E-state index contributed by atoms with van der Waals surface area (Å²) in [6, 6.07) is 10.1. The van der Waals surface area contributed by atoms with E-state index in [9.17, 15) is 8.42 Å². The second-order valence-electron chi connectivity index (χ2n) is 5.46. The largest absolute Gasteiger partial charge is 0.368 e. The molecule has 130 valence electrons. The first-order valence-corrected chi connectivity index (χ1v) is 9.68. The number of nitrogens with zero attached hydrogens (tertiary/aromatic N) is 4. The molecule has 2 aromatic rings. The van der Waals surface area contributed by atoms with Gasteiger partial charge in [-0.1, -0.05) is 29.3 Å². The van der Waals surface area contributed by atoms with Gasteiger partial charge in [0.1, 0.15) is 16.7 Å². The standard InChI is InChI=1S/C16H14Cl2N4O2S/c17-14-2-1-3-15(18)16(14)25(23,24)22-8-6-21(7-9-22)13-5-4-12(10-19)20-11-13/h1-5,11H,6-9H2. The van der Waals surface area contributed by atoms with E-state index in [1.54, 1.807) is 24.4 Å². The number of aromatic nitrogens is 1. The minimum Gasteiger partial charge on any atom is -0.368 e. The number of rotatable bonds is 3. The first kappa shape index (κ1) is 18.0. The second kappa shape index (κ2) is 7.18. The van der Waals surface area contributed by atoms with Gasteiger partial charge < -0.3 is 4.90 Å². The van der Waals surface area contributed by atoms with Crippen LogP contribution in [-0.2, 0) is 10.0 Å². The van der Waals surface area contributed by atoms with Crippen molar-refractivity contribution < 1.29 is 8.42 Å². The summed E-state index contributed by atoms with van der Waals surface area (Å²) in [4.78, 5) is 6.01. The van der Waals surface area contributed by atoms with Crippen LogP contribution >= 0.6 is 23.2 Å². The number of benzene rings is 1. The topological polar surface area (TPSA) is 77.3 Å². The van der Waals surface area contributed by atoms with Gasteiger partial charge in [0.2, 0.25) is 10.0 Å². The molecule has 0 atom stereocenters. The average molecular weight is 397 g/mol. The molecule has 1 fully saturated rings. The number of hydrogen-bond donors (Lipinski definition) is 0. The second-order valence-corrected chi connectivity index (χ2v) is 8.14. The summed E-state index contributed by atoms with van der Waals surface area (Å²) in [6.45, 7) is 1.64. The van der Waals surface area contributed by atoms with Crippen molar-refractivity contribution in [3.63, 3.8) is 0 Å². The molecule has 1 aliphatic rings. The summed E-state index contributed by atoms with van der Waals surface area (Å²) in [5, 5.41) is 9.03. The lowest BCUT2D eigenvalue weighted by Gasteiger charge is -2.35. The molecule has 0 saturated carbocycles. The predicted octanol–water partition coefficient (Wildman–Crippen LogP) is 2.77. The minimum absolute atomic E-state index is 0.0492. The molecule has 25 heavy (non-hydrogen) atoms. The fraction of sp³-hybridized carbons (Fsp3) is 0.250. The number of pyridine rings is 1. The van der Waals surface area contributed by atoms with Crippen LogP contribution in [0.2, 0.25) is 10.0 Å².